The molecule has 1 heterocycles. The van der Waals surface area contributed by atoms with E-state index in [4.69, 9.17) is 15.6 Å². The summed E-state index contributed by atoms with van der Waals surface area (Å²) in [5.74, 6) is 0. The molecule has 0 aromatic carbocycles. The second kappa shape index (κ2) is 3.27. The molecule has 0 saturated carbocycles. The summed E-state index contributed by atoms with van der Waals surface area (Å²) < 4.78 is 5.36. The maximum Gasteiger partial charge on any atom is 0.0828 e. The Morgan fingerprint density at radius 1 is 1.55 bits per heavy atom. The summed E-state index contributed by atoms with van der Waals surface area (Å²) in [6.07, 6.45) is 0.747. The van der Waals surface area contributed by atoms with Crippen LogP contribution < -0.4 is 5.73 Å². The average molecular weight is 182 g/mol. The van der Waals surface area contributed by atoms with Gasteiger partial charge in [-0.15, -0.1) is 12.4 Å². The Hall–Kier alpha value is 0.170. The molecule has 0 radical (unpaired) electrons. The van der Waals surface area contributed by atoms with E-state index in [0.717, 1.165) is 6.42 Å². The fraction of sp³-hybridized carbons (Fsp3) is 1.00. The number of ether oxygens (including phenoxy) is 1. The van der Waals surface area contributed by atoms with Crippen molar-refractivity contribution in [3.8, 4) is 0 Å². The first-order valence-electron chi connectivity index (χ1n) is 3.55. The lowest BCUT2D eigenvalue weighted by molar-refractivity contribution is -0.0159. The van der Waals surface area contributed by atoms with Crippen LogP contribution in [0.15, 0.2) is 0 Å². The highest BCUT2D eigenvalue weighted by atomic mass is 35.5. The van der Waals surface area contributed by atoms with Gasteiger partial charge in [0.05, 0.1) is 17.7 Å². The van der Waals surface area contributed by atoms with Crippen molar-refractivity contribution >= 4 is 12.4 Å². The molecule has 1 atom stereocenters. The molecule has 1 saturated heterocycles. The van der Waals surface area contributed by atoms with Crippen molar-refractivity contribution in [1.82, 2.24) is 0 Å². The van der Waals surface area contributed by atoms with Crippen LogP contribution in [0.3, 0.4) is 0 Å². The molecule has 0 aromatic heterocycles. The summed E-state index contributed by atoms with van der Waals surface area (Å²) >= 11 is 0. The molecule has 0 aromatic rings. The van der Waals surface area contributed by atoms with Crippen molar-refractivity contribution in [3.63, 3.8) is 0 Å². The summed E-state index contributed by atoms with van der Waals surface area (Å²) in [6.45, 7) is 4.48. The SMILES string of the molecule is CC1(C)OCCC1(N)CO.Cl. The predicted octanol–water partition coefficient (Wildman–Crippen LogP) is 0.297. The summed E-state index contributed by atoms with van der Waals surface area (Å²) in [5.41, 5.74) is 4.95. The van der Waals surface area contributed by atoms with Gasteiger partial charge in [0.25, 0.3) is 0 Å². The minimum Gasteiger partial charge on any atom is -0.394 e. The molecular weight excluding hydrogens is 166 g/mol. The largest absolute Gasteiger partial charge is 0.394 e. The molecule has 1 aliphatic rings. The van der Waals surface area contributed by atoms with Crippen LogP contribution in [0, 0.1) is 0 Å². The molecule has 1 aliphatic heterocycles. The molecule has 1 unspecified atom stereocenters. The van der Waals surface area contributed by atoms with Gasteiger partial charge in [0.2, 0.25) is 0 Å². The number of hydrogen-bond acceptors (Lipinski definition) is 3. The van der Waals surface area contributed by atoms with Crippen LogP contribution in [0.25, 0.3) is 0 Å². The Kier molecular flexibility index (Phi) is 3.32. The fourth-order valence-corrected chi connectivity index (χ4v) is 1.20. The summed E-state index contributed by atoms with van der Waals surface area (Å²) in [5, 5.41) is 8.96. The molecule has 1 fully saturated rings. The zero-order valence-corrected chi connectivity index (χ0v) is 7.78. The normalized spacial score (nSPS) is 34.9. The van der Waals surface area contributed by atoms with Gasteiger partial charge < -0.3 is 15.6 Å². The molecular formula is C7H16ClNO2. The quantitative estimate of drug-likeness (QED) is 0.612. The molecule has 3 nitrogen and oxygen atoms in total. The number of aliphatic hydroxyl groups excluding tert-OH is 1. The third-order valence-corrected chi connectivity index (χ3v) is 2.49. The maximum atomic E-state index is 8.96. The van der Waals surface area contributed by atoms with E-state index in [9.17, 15) is 0 Å². The molecule has 0 aliphatic carbocycles. The summed E-state index contributed by atoms with van der Waals surface area (Å²) in [7, 11) is 0. The van der Waals surface area contributed by atoms with Crippen LogP contribution in [0.4, 0.5) is 0 Å². The van der Waals surface area contributed by atoms with Gasteiger partial charge >= 0.3 is 0 Å². The average Bonchev–Trinajstić information content (AvgIpc) is 2.10. The first-order chi connectivity index (χ1) is 4.52. The van der Waals surface area contributed by atoms with E-state index >= 15 is 0 Å². The van der Waals surface area contributed by atoms with Gasteiger partial charge in [-0.1, -0.05) is 0 Å². The lowest BCUT2D eigenvalue weighted by atomic mass is 9.84. The van der Waals surface area contributed by atoms with E-state index in [-0.39, 0.29) is 24.6 Å². The first-order valence-corrected chi connectivity index (χ1v) is 3.55. The van der Waals surface area contributed by atoms with Gasteiger partial charge in [0.1, 0.15) is 0 Å². The lowest BCUT2D eigenvalue weighted by Crippen LogP contribution is -2.56. The fourth-order valence-electron chi connectivity index (χ4n) is 1.20. The Morgan fingerprint density at radius 2 is 2.09 bits per heavy atom. The first kappa shape index (κ1) is 11.2. The van der Waals surface area contributed by atoms with Gasteiger partial charge in [-0.3, -0.25) is 0 Å². The molecule has 0 spiro atoms. The van der Waals surface area contributed by atoms with Gasteiger partial charge in [0, 0.05) is 6.61 Å². The van der Waals surface area contributed by atoms with Crippen molar-refractivity contribution < 1.29 is 9.84 Å². The van der Waals surface area contributed by atoms with Crippen molar-refractivity contribution in [2.45, 2.75) is 31.4 Å². The number of halogens is 1. The van der Waals surface area contributed by atoms with Gasteiger partial charge in [0.15, 0.2) is 0 Å². The van der Waals surface area contributed by atoms with Crippen LogP contribution in [0.2, 0.25) is 0 Å². The number of rotatable bonds is 1. The molecule has 0 amide bonds. The van der Waals surface area contributed by atoms with Crippen LogP contribution in [-0.2, 0) is 4.74 Å². The number of nitrogens with two attached hydrogens (primary N) is 1. The topological polar surface area (TPSA) is 55.5 Å². The van der Waals surface area contributed by atoms with E-state index < -0.39 is 5.54 Å². The third-order valence-electron chi connectivity index (χ3n) is 2.49. The van der Waals surface area contributed by atoms with Gasteiger partial charge in [-0.25, -0.2) is 0 Å². The second-order valence-corrected chi connectivity index (χ2v) is 3.42. The highest BCUT2D eigenvalue weighted by molar-refractivity contribution is 5.85. The van der Waals surface area contributed by atoms with Gasteiger partial charge in [-0.2, -0.15) is 0 Å². The van der Waals surface area contributed by atoms with E-state index in [1.807, 2.05) is 13.8 Å². The molecule has 68 valence electrons. The summed E-state index contributed by atoms with van der Waals surface area (Å²) in [6, 6.07) is 0. The van der Waals surface area contributed by atoms with Crippen molar-refractivity contribution in [2.24, 2.45) is 5.73 Å². The predicted molar refractivity (Wildman–Crippen MR) is 45.9 cm³/mol. The zero-order valence-electron chi connectivity index (χ0n) is 6.96. The van der Waals surface area contributed by atoms with Crippen molar-refractivity contribution in [3.05, 3.63) is 0 Å². The third kappa shape index (κ3) is 1.67. The van der Waals surface area contributed by atoms with Crippen LogP contribution in [0.1, 0.15) is 20.3 Å². The number of hydrogen-bond donors (Lipinski definition) is 2. The highest BCUT2D eigenvalue weighted by Gasteiger charge is 2.46. The van der Waals surface area contributed by atoms with Gasteiger partial charge in [-0.05, 0) is 20.3 Å². The molecule has 1 rings (SSSR count). The smallest absolute Gasteiger partial charge is 0.0828 e. The second-order valence-electron chi connectivity index (χ2n) is 3.42. The Balaban J connectivity index is 0.000001000. The van der Waals surface area contributed by atoms with E-state index in [1.165, 1.54) is 0 Å². The van der Waals surface area contributed by atoms with Crippen molar-refractivity contribution in [1.29, 1.82) is 0 Å². The Labute approximate surface area is 73.3 Å². The van der Waals surface area contributed by atoms with E-state index in [1.54, 1.807) is 0 Å². The standard InChI is InChI=1S/C7H15NO2.ClH/c1-6(2)7(8,5-9)3-4-10-6;/h9H,3-5,8H2,1-2H3;1H. The Morgan fingerprint density at radius 3 is 2.27 bits per heavy atom. The van der Waals surface area contributed by atoms with Crippen LogP contribution in [0.5, 0.6) is 0 Å². The van der Waals surface area contributed by atoms with Crippen LogP contribution in [-0.4, -0.2) is 29.5 Å². The Bertz CT molecular complexity index is 140. The van der Waals surface area contributed by atoms with Crippen molar-refractivity contribution in [2.75, 3.05) is 13.2 Å². The number of aliphatic hydroxyl groups is 1. The highest BCUT2D eigenvalue weighted by Crippen LogP contribution is 2.32. The monoisotopic (exact) mass is 181 g/mol. The van der Waals surface area contributed by atoms with E-state index in [0.29, 0.717) is 6.61 Å². The molecule has 11 heavy (non-hydrogen) atoms. The molecule has 0 bridgehead atoms. The maximum absolute atomic E-state index is 8.96. The summed E-state index contributed by atoms with van der Waals surface area (Å²) in [4.78, 5) is 0. The minimum absolute atomic E-state index is 0. The van der Waals surface area contributed by atoms with Crippen LogP contribution >= 0.6 is 12.4 Å². The molecule has 3 N–H and O–H groups in total. The minimum atomic E-state index is -0.535. The zero-order chi connectivity index (χ0) is 7.83. The molecule has 4 heteroatoms. The lowest BCUT2D eigenvalue weighted by Gasteiger charge is -2.34. The van der Waals surface area contributed by atoms with E-state index in [2.05, 4.69) is 0 Å².